The van der Waals surface area contributed by atoms with Gasteiger partial charge in [0.05, 0.1) is 11.7 Å². The Bertz CT molecular complexity index is 542. The molecule has 21 heavy (non-hydrogen) atoms. The van der Waals surface area contributed by atoms with Crippen molar-refractivity contribution in [3.05, 3.63) is 24.0 Å². The van der Waals surface area contributed by atoms with Gasteiger partial charge in [-0.1, -0.05) is 20.8 Å². The summed E-state index contributed by atoms with van der Waals surface area (Å²) < 4.78 is 14.1. The molecule has 1 unspecified atom stereocenters. The van der Waals surface area contributed by atoms with Gasteiger partial charge >= 0.3 is 6.09 Å². The summed E-state index contributed by atoms with van der Waals surface area (Å²) in [5.74, 6) is -0.369. The van der Waals surface area contributed by atoms with Crippen molar-refractivity contribution in [3.8, 4) is 0 Å². The van der Waals surface area contributed by atoms with Crippen LogP contribution in [-0.4, -0.2) is 41.8 Å². The molecule has 0 spiro atoms. The molecule has 0 bridgehead atoms. The summed E-state index contributed by atoms with van der Waals surface area (Å²) in [5.41, 5.74) is 6.21. The lowest BCUT2D eigenvalue weighted by molar-refractivity contribution is 0.0747. The van der Waals surface area contributed by atoms with Gasteiger partial charge in [0.2, 0.25) is 0 Å². The second kappa shape index (κ2) is 5.42. The Labute approximate surface area is 124 Å². The van der Waals surface area contributed by atoms with E-state index in [1.807, 2.05) is 25.7 Å². The molecular weight excluding hydrogens is 273 g/mol. The number of anilines is 2. The number of carbonyl (C=O) groups is 1. The molecule has 0 aromatic heterocycles. The molecule has 1 aromatic rings. The number of halogens is 1. The summed E-state index contributed by atoms with van der Waals surface area (Å²) in [7, 11) is 0. The molecule has 1 fully saturated rings. The molecule has 0 saturated carbocycles. The van der Waals surface area contributed by atoms with Gasteiger partial charge in [-0.3, -0.25) is 0 Å². The van der Waals surface area contributed by atoms with Crippen molar-refractivity contribution >= 4 is 17.5 Å². The summed E-state index contributed by atoms with van der Waals surface area (Å²) >= 11 is 0. The van der Waals surface area contributed by atoms with Crippen molar-refractivity contribution < 1.29 is 14.3 Å². The van der Waals surface area contributed by atoms with Crippen molar-refractivity contribution in [3.63, 3.8) is 0 Å². The minimum atomic E-state index is -0.924. The van der Waals surface area contributed by atoms with Crippen molar-refractivity contribution in [1.82, 2.24) is 4.90 Å². The highest BCUT2D eigenvalue weighted by Gasteiger charge is 2.38. The number of rotatable bonds is 1. The highest BCUT2D eigenvalue weighted by atomic mass is 19.1. The number of hydrogen-bond donors (Lipinski definition) is 2. The topological polar surface area (TPSA) is 69.8 Å². The Morgan fingerprint density at radius 1 is 1.38 bits per heavy atom. The van der Waals surface area contributed by atoms with Crippen LogP contribution in [0, 0.1) is 11.2 Å². The van der Waals surface area contributed by atoms with Crippen LogP contribution in [0.3, 0.4) is 0 Å². The molecule has 0 aliphatic carbocycles. The normalized spacial score (nSPS) is 19.7. The fourth-order valence-corrected chi connectivity index (χ4v) is 2.75. The van der Waals surface area contributed by atoms with Gasteiger partial charge in [0, 0.05) is 25.3 Å². The zero-order valence-electron chi connectivity index (χ0n) is 12.6. The van der Waals surface area contributed by atoms with E-state index in [1.165, 1.54) is 11.0 Å². The third kappa shape index (κ3) is 3.20. The highest BCUT2D eigenvalue weighted by molar-refractivity contribution is 5.66. The molecule has 5 nitrogen and oxygen atoms in total. The van der Waals surface area contributed by atoms with E-state index in [4.69, 9.17) is 5.73 Å². The van der Waals surface area contributed by atoms with E-state index in [-0.39, 0.29) is 17.3 Å². The summed E-state index contributed by atoms with van der Waals surface area (Å²) in [6.45, 7) is 7.29. The SMILES string of the molecule is CC(C)(C)C1CN(c2ccc(N)cc2F)CCN1C(=O)O. The maximum atomic E-state index is 14.1. The molecule has 0 radical (unpaired) electrons. The standard InChI is InChI=1S/C15H22FN3O2/c1-15(2,3)13-9-18(6-7-19(13)14(20)21)12-5-4-10(17)8-11(12)16/h4-5,8,13H,6-7,9,17H2,1-3H3,(H,20,21). The summed E-state index contributed by atoms with van der Waals surface area (Å²) in [6, 6.07) is 4.42. The number of carboxylic acid groups (broad SMARTS) is 1. The van der Waals surface area contributed by atoms with Crippen LogP contribution >= 0.6 is 0 Å². The zero-order chi connectivity index (χ0) is 15.8. The molecule has 116 valence electrons. The predicted molar refractivity (Wildman–Crippen MR) is 81.0 cm³/mol. The van der Waals surface area contributed by atoms with Crippen LogP contribution in [0.4, 0.5) is 20.6 Å². The van der Waals surface area contributed by atoms with Gasteiger partial charge < -0.3 is 20.6 Å². The number of amides is 1. The first-order valence-corrected chi connectivity index (χ1v) is 6.99. The zero-order valence-corrected chi connectivity index (χ0v) is 12.6. The Balaban J connectivity index is 2.27. The van der Waals surface area contributed by atoms with Gasteiger partial charge in [-0.05, 0) is 23.6 Å². The van der Waals surface area contributed by atoms with E-state index in [1.54, 1.807) is 12.1 Å². The van der Waals surface area contributed by atoms with Crippen molar-refractivity contribution in [2.45, 2.75) is 26.8 Å². The number of nitrogens with two attached hydrogens (primary N) is 1. The van der Waals surface area contributed by atoms with Crippen LogP contribution in [0.2, 0.25) is 0 Å². The minimum absolute atomic E-state index is 0.194. The third-order valence-electron chi connectivity index (χ3n) is 3.94. The lowest BCUT2D eigenvalue weighted by atomic mass is 9.84. The Morgan fingerprint density at radius 3 is 2.57 bits per heavy atom. The maximum absolute atomic E-state index is 14.1. The molecule has 1 aliphatic heterocycles. The van der Waals surface area contributed by atoms with Crippen molar-refractivity contribution in [2.24, 2.45) is 5.41 Å². The number of nitrogen functional groups attached to an aromatic ring is 1. The predicted octanol–water partition coefficient (Wildman–Crippen LogP) is 2.62. The Kier molecular flexibility index (Phi) is 3.98. The largest absolute Gasteiger partial charge is 0.465 e. The molecule has 6 heteroatoms. The van der Waals surface area contributed by atoms with E-state index in [0.717, 1.165) is 0 Å². The van der Waals surface area contributed by atoms with Gasteiger partial charge in [0.25, 0.3) is 0 Å². The Morgan fingerprint density at radius 2 is 2.05 bits per heavy atom. The van der Waals surface area contributed by atoms with Crippen LogP contribution in [-0.2, 0) is 0 Å². The first-order valence-electron chi connectivity index (χ1n) is 6.99. The molecule has 1 atom stereocenters. The first kappa shape index (κ1) is 15.4. The van der Waals surface area contributed by atoms with E-state index in [0.29, 0.717) is 31.0 Å². The highest BCUT2D eigenvalue weighted by Crippen LogP contribution is 2.31. The number of hydrogen-bond acceptors (Lipinski definition) is 3. The molecule has 3 N–H and O–H groups in total. The first-order chi connectivity index (χ1) is 9.70. The molecule has 2 rings (SSSR count). The molecule has 1 aliphatic rings. The molecule has 1 aromatic carbocycles. The number of piperazine rings is 1. The monoisotopic (exact) mass is 295 g/mol. The average Bonchev–Trinajstić information content (AvgIpc) is 2.37. The van der Waals surface area contributed by atoms with Gasteiger partial charge in [0.15, 0.2) is 0 Å². The van der Waals surface area contributed by atoms with Crippen molar-refractivity contribution in [1.29, 1.82) is 0 Å². The summed E-state index contributed by atoms with van der Waals surface area (Å²) in [4.78, 5) is 14.7. The number of nitrogens with zero attached hydrogens (tertiary/aromatic N) is 2. The second-order valence-electron chi connectivity index (χ2n) is 6.51. The van der Waals surface area contributed by atoms with E-state index >= 15 is 0 Å². The minimum Gasteiger partial charge on any atom is -0.465 e. The van der Waals surface area contributed by atoms with E-state index in [9.17, 15) is 14.3 Å². The van der Waals surface area contributed by atoms with Gasteiger partial charge in [-0.2, -0.15) is 0 Å². The molecular formula is C15H22FN3O2. The quantitative estimate of drug-likeness (QED) is 0.781. The van der Waals surface area contributed by atoms with Crippen LogP contribution in [0.5, 0.6) is 0 Å². The average molecular weight is 295 g/mol. The van der Waals surface area contributed by atoms with E-state index in [2.05, 4.69) is 0 Å². The van der Waals surface area contributed by atoms with Crippen LogP contribution in [0.15, 0.2) is 18.2 Å². The molecule has 1 heterocycles. The fourth-order valence-electron chi connectivity index (χ4n) is 2.75. The lowest BCUT2D eigenvalue weighted by Crippen LogP contribution is -2.59. The fraction of sp³-hybridized carbons (Fsp3) is 0.533. The molecule has 1 amide bonds. The van der Waals surface area contributed by atoms with Gasteiger partial charge in [0.1, 0.15) is 5.82 Å². The van der Waals surface area contributed by atoms with Gasteiger partial charge in [-0.25, -0.2) is 9.18 Å². The lowest BCUT2D eigenvalue weighted by Gasteiger charge is -2.46. The third-order valence-corrected chi connectivity index (χ3v) is 3.94. The molecule has 1 saturated heterocycles. The summed E-state index contributed by atoms with van der Waals surface area (Å²) in [5, 5.41) is 9.34. The van der Waals surface area contributed by atoms with Crippen LogP contribution in [0.1, 0.15) is 20.8 Å². The smallest absolute Gasteiger partial charge is 0.407 e. The maximum Gasteiger partial charge on any atom is 0.407 e. The number of benzene rings is 1. The van der Waals surface area contributed by atoms with Crippen molar-refractivity contribution in [2.75, 3.05) is 30.3 Å². The summed E-state index contributed by atoms with van der Waals surface area (Å²) in [6.07, 6.45) is -0.924. The van der Waals surface area contributed by atoms with Crippen LogP contribution in [0.25, 0.3) is 0 Å². The van der Waals surface area contributed by atoms with E-state index < -0.39 is 6.09 Å². The van der Waals surface area contributed by atoms with Crippen LogP contribution < -0.4 is 10.6 Å². The Hall–Kier alpha value is -1.98. The van der Waals surface area contributed by atoms with Gasteiger partial charge in [-0.15, -0.1) is 0 Å². The second-order valence-corrected chi connectivity index (χ2v) is 6.51.